The van der Waals surface area contributed by atoms with Crippen LogP contribution in [0.15, 0.2) is 0 Å². The van der Waals surface area contributed by atoms with Crippen molar-refractivity contribution in [2.75, 3.05) is 19.6 Å². The van der Waals surface area contributed by atoms with E-state index in [1.54, 1.807) is 0 Å². The molecule has 1 unspecified atom stereocenters. The van der Waals surface area contributed by atoms with Gasteiger partial charge in [-0.15, -0.1) is 0 Å². The van der Waals surface area contributed by atoms with E-state index in [0.717, 1.165) is 26.4 Å². The van der Waals surface area contributed by atoms with Crippen LogP contribution >= 0.6 is 0 Å². The van der Waals surface area contributed by atoms with Crippen LogP contribution < -0.4 is 0 Å². The fourth-order valence-electron chi connectivity index (χ4n) is 1.94. The van der Waals surface area contributed by atoms with E-state index in [9.17, 15) is 8.78 Å². The van der Waals surface area contributed by atoms with Gasteiger partial charge in [-0.1, -0.05) is 13.8 Å². The first-order valence-electron chi connectivity index (χ1n) is 4.98. The number of nitrogens with zero attached hydrogens (tertiary/aromatic N) is 1. The van der Waals surface area contributed by atoms with E-state index in [4.69, 9.17) is 0 Å². The van der Waals surface area contributed by atoms with Crippen molar-refractivity contribution in [2.24, 2.45) is 11.8 Å². The largest absolute Gasteiger partial charge is 0.297 e. The molecule has 1 aliphatic rings. The van der Waals surface area contributed by atoms with Crippen LogP contribution in [0.3, 0.4) is 0 Å². The minimum Gasteiger partial charge on any atom is -0.297 e. The van der Waals surface area contributed by atoms with Crippen LogP contribution in [-0.2, 0) is 0 Å². The Balaban J connectivity index is 2.33. The van der Waals surface area contributed by atoms with Gasteiger partial charge in [0.1, 0.15) is 0 Å². The van der Waals surface area contributed by atoms with E-state index in [0.29, 0.717) is 11.8 Å². The fourth-order valence-corrected chi connectivity index (χ4v) is 1.94. The van der Waals surface area contributed by atoms with Gasteiger partial charge in [0.15, 0.2) is 0 Å². The van der Waals surface area contributed by atoms with E-state index in [1.807, 2.05) is 4.90 Å². The van der Waals surface area contributed by atoms with Gasteiger partial charge in [-0.3, -0.25) is 4.90 Å². The number of hydrogen-bond acceptors (Lipinski definition) is 1. The van der Waals surface area contributed by atoms with Crippen molar-refractivity contribution in [3.63, 3.8) is 0 Å². The third kappa shape index (κ3) is 3.59. The van der Waals surface area contributed by atoms with Crippen LogP contribution in [0.4, 0.5) is 8.78 Å². The van der Waals surface area contributed by atoms with Crippen molar-refractivity contribution in [3.05, 3.63) is 0 Å². The highest BCUT2D eigenvalue weighted by atomic mass is 19.3. The summed E-state index contributed by atoms with van der Waals surface area (Å²) in [5.41, 5.74) is 0. The quantitative estimate of drug-likeness (QED) is 0.663. The summed E-state index contributed by atoms with van der Waals surface area (Å²) in [7, 11) is 0. The van der Waals surface area contributed by atoms with Crippen LogP contribution in [0.25, 0.3) is 0 Å². The molecule has 1 fully saturated rings. The zero-order valence-electron chi connectivity index (χ0n) is 8.69. The Kier molecular flexibility index (Phi) is 3.28. The summed E-state index contributed by atoms with van der Waals surface area (Å²) in [5, 5.41) is 0. The molecule has 1 rings (SSSR count). The predicted octanol–water partition coefficient (Wildman–Crippen LogP) is 2.62. The topological polar surface area (TPSA) is 3.24 Å². The van der Waals surface area contributed by atoms with Crippen molar-refractivity contribution in [1.82, 2.24) is 4.90 Å². The first-order chi connectivity index (χ1) is 5.88. The van der Waals surface area contributed by atoms with Crippen molar-refractivity contribution in [3.8, 4) is 0 Å². The molecule has 0 spiro atoms. The maximum absolute atomic E-state index is 12.7. The average Bonchev–Trinajstić information content (AvgIpc) is 2.31. The van der Waals surface area contributed by atoms with Crippen molar-refractivity contribution in [2.45, 2.75) is 33.1 Å². The van der Waals surface area contributed by atoms with Gasteiger partial charge in [-0.2, -0.15) is 0 Å². The second kappa shape index (κ2) is 3.91. The van der Waals surface area contributed by atoms with Gasteiger partial charge in [0, 0.05) is 13.5 Å². The Morgan fingerprint density at radius 1 is 1.46 bits per heavy atom. The molecule has 1 aliphatic heterocycles. The molecule has 0 aliphatic carbocycles. The normalized spacial score (nSPS) is 25.8. The van der Waals surface area contributed by atoms with Gasteiger partial charge in [0.2, 0.25) is 0 Å². The van der Waals surface area contributed by atoms with Crippen LogP contribution in [0, 0.1) is 11.8 Å². The maximum atomic E-state index is 12.7. The highest BCUT2D eigenvalue weighted by Gasteiger charge is 2.31. The van der Waals surface area contributed by atoms with E-state index < -0.39 is 5.92 Å². The zero-order valence-corrected chi connectivity index (χ0v) is 8.69. The first-order valence-corrected chi connectivity index (χ1v) is 4.98. The molecule has 0 aromatic carbocycles. The molecule has 0 amide bonds. The maximum Gasteiger partial charge on any atom is 0.257 e. The molecular formula is C10H19F2N. The van der Waals surface area contributed by atoms with Crippen molar-refractivity contribution < 1.29 is 8.78 Å². The third-order valence-corrected chi connectivity index (χ3v) is 2.75. The standard InChI is InChI=1S/C10H19F2N/c1-8(2)9-4-5-13(6-9)7-10(3,11)12/h8-9H,4-7H2,1-3H3. The Labute approximate surface area is 79.1 Å². The van der Waals surface area contributed by atoms with Gasteiger partial charge in [0.25, 0.3) is 5.92 Å². The summed E-state index contributed by atoms with van der Waals surface area (Å²) < 4.78 is 25.3. The molecule has 1 heterocycles. The van der Waals surface area contributed by atoms with Crippen LogP contribution in [0.1, 0.15) is 27.2 Å². The lowest BCUT2D eigenvalue weighted by Gasteiger charge is -2.21. The summed E-state index contributed by atoms with van der Waals surface area (Å²) in [5.74, 6) is -1.30. The lowest BCUT2D eigenvalue weighted by Crippen LogP contribution is -2.33. The molecule has 0 saturated carbocycles. The highest BCUT2D eigenvalue weighted by Crippen LogP contribution is 2.25. The lowest BCUT2D eigenvalue weighted by molar-refractivity contribution is -0.00978. The molecule has 0 aromatic rings. The minimum absolute atomic E-state index is 0.0732. The summed E-state index contributed by atoms with van der Waals surface area (Å²) in [6, 6.07) is 0. The summed E-state index contributed by atoms with van der Waals surface area (Å²) in [4.78, 5) is 1.88. The molecule has 0 aromatic heterocycles. The zero-order chi connectivity index (χ0) is 10.1. The van der Waals surface area contributed by atoms with Crippen LogP contribution in [0.5, 0.6) is 0 Å². The number of halogens is 2. The molecular weight excluding hydrogens is 172 g/mol. The van der Waals surface area contributed by atoms with Crippen LogP contribution in [-0.4, -0.2) is 30.5 Å². The van der Waals surface area contributed by atoms with E-state index in [2.05, 4.69) is 13.8 Å². The number of rotatable bonds is 3. The van der Waals surface area contributed by atoms with Gasteiger partial charge in [-0.05, 0) is 24.8 Å². The molecule has 1 nitrogen and oxygen atoms in total. The summed E-state index contributed by atoms with van der Waals surface area (Å²) in [6.45, 7) is 6.94. The molecule has 0 N–H and O–H groups in total. The number of alkyl halides is 2. The van der Waals surface area contributed by atoms with Gasteiger partial charge in [-0.25, -0.2) is 8.78 Å². The Morgan fingerprint density at radius 3 is 2.46 bits per heavy atom. The van der Waals surface area contributed by atoms with Crippen molar-refractivity contribution in [1.29, 1.82) is 0 Å². The highest BCUT2D eigenvalue weighted by molar-refractivity contribution is 4.80. The van der Waals surface area contributed by atoms with Gasteiger partial charge in [0.05, 0.1) is 6.54 Å². The fraction of sp³-hybridized carbons (Fsp3) is 1.00. The molecule has 78 valence electrons. The van der Waals surface area contributed by atoms with Crippen LogP contribution in [0.2, 0.25) is 0 Å². The smallest absolute Gasteiger partial charge is 0.257 e. The van der Waals surface area contributed by atoms with Gasteiger partial charge >= 0.3 is 0 Å². The minimum atomic E-state index is -2.54. The monoisotopic (exact) mass is 191 g/mol. The second-order valence-corrected chi connectivity index (χ2v) is 4.60. The molecule has 0 radical (unpaired) electrons. The van der Waals surface area contributed by atoms with E-state index in [1.165, 1.54) is 0 Å². The molecule has 3 heteroatoms. The lowest BCUT2D eigenvalue weighted by atomic mass is 9.95. The number of likely N-dealkylation sites (tertiary alicyclic amines) is 1. The van der Waals surface area contributed by atoms with Crippen molar-refractivity contribution >= 4 is 0 Å². The molecule has 13 heavy (non-hydrogen) atoms. The Bertz CT molecular complexity index is 163. The Morgan fingerprint density at radius 2 is 2.08 bits per heavy atom. The molecule has 1 atom stereocenters. The number of hydrogen-bond donors (Lipinski definition) is 0. The predicted molar refractivity (Wildman–Crippen MR) is 50.0 cm³/mol. The molecule has 0 bridgehead atoms. The summed E-state index contributed by atoms with van der Waals surface area (Å²) >= 11 is 0. The first kappa shape index (κ1) is 10.9. The SMILES string of the molecule is CC(C)C1CCN(CC(C)(F)F)C1. The average molecular weight is 191 g/mol. The van der Waals surface area contributed by atoms with E-state index >= 15 is 0 Å². The van der Waals surface area contributed by atoms with Gasteiger partial charge < -0.3 is 0 Å². The second-order valence-electron chi connectivity index (χ2n) is 4.60. The van der Waals surface area contributed by atoms with E-state index in [-0.39, 0.29) is 6.54 Å². The summed E-state index contributed by atoms with van der Waals surface area (Å²) in [6.07, 6.45) is 1.08. The Hall–Kier alpha value is -0.180. The molecule has 1 saturated heterocycles. The third-order valence-electron chi connectivity index (χ3n) is 2.75.